The van der Waals surface area contributed by atoms with Gasteiger partial charge < -0.3 is 14.8 Å². The van der Waals surface area contributed by atoms with E-state index >= 15 is 0 Å². The maximum Gasteiger partial charge on any atom is 0.162 e. The number of unbranched alkanes of at least 4 members (excludes halogenated alkanes) is 1. The van der Waals surface area contributed by atoms with Gasteiger partial charge in [0, 0.05) is 11.3 Å². The fourth-order valence-electron chi connectivity index (χ4n) is 2.17. The van der Waals surface area contributed by atoms with Crippen molar-refractivity contribution in [2.75, 3.05) is 32.1 Å². The SMILES string of the molecule is CC(C)CNCCCCSc1ccc2c(c1)OCCCO2. The zero-order chi connectivity index (χ0) is 14.9. The average molecular weight is 309 g/mol. The molecule has 2 rings (SSSR count). The number of hydrogen-bond donors (Lipinski definition) is 1. The highest BCUT2D eigenvalue weighted by Gasteiger charge is 2.10. The molecule has 1 aromatic carbocycles. The molecule has 1 aromatic rings. The second kappa shape index (κ2) is 9.21. The van der Waals surface area contributed by atoms with Gasteiger partial charge in [-0.25, -0.2) is 0 Å². The van der Waals surface area contributed by atoms with E-state index in [4.69, 9.17) is 9.47 Å². The monoisotopic (exact) mass is 309 g/mol. The first-order valence-electron chi connectivity index (χ1n) is 7.99. The minimum Gasteiger partial charge on any atom is -0.490 e. The van der Waals surface area contributed by atoms with Gasteiger partial charge in [-0.2, -0.15) is 0 Å². The Morgan fingerprint density at radius 3 is 2.76 bits per heavy atom. The van der Waals surface area contributed by atoms with E-state index in [2.05, 4.69) is 31.3 Å². The van der Waals surface area contributed by atoms with Gasteiger partial charge in [-0.05, 0) is 55.8 Å². The number of fused-ring (bicyclic) bond motifs is 1. The Kier molecular flexibility index (Phi) is 7.24. The predicted octanol–water partition coefficient (Wildman–Crippen LogP) is 3.97. The first kappa shape index (κ1) is 16.5. The highest BCUT2D eigenvalue weighted by Crippen LogP contribution is 2.34. The third-order valence-electron chi connectivity index (χ3n) is 3.29. The molecule has 1 aliphatic heterocycles. The van der Waals surface area contributed by atoms with E-state index in [9.17, 15) is 0 Å². The minimum absolute atomic E-state index is 0.737. The molecule has 1 aliphatic rings. The van der Waals surface area contributed by atoms with Gasteiger partial charge in [-0.1, -0.05) is 13.8 Å². The van der Waals surface area contributed by atoms with Crippen LogP contribution in [0.1, 0.15) is 33.1 Å². The zero-order valence-corrected chi connectivity index (χ0v) is 14.0. The molecule has 0 aromatic heterocycles. The van der Waals surface area contributed by atoms with Gasteiger partial charge >= 0.3 is 0 Å². The minimum atomic E-state index is 0.737. The lowest BCUT2D eigenvalue weighted by Crippen LogP contribution is -2.20. The van der Waals surface area contributed by atoms with Crippen LogP contribution in [0.4, 0.5) is 0 Å². The van der Waals surface area contributed by atoms with Crippen LogP contribution < -0.4 is 14.8 Å². The van der Waals surface area contributed by atoms with Gasteiger partial charge in [-0.15, -0.1) is 11.8 Å². The fraction of sp³-hybridized carbons (Fsp3) is 0.647. The summed E-state index contributed by atoms with van der Waals surface area (Å²) in [5.41, 5.74) is 0. The summed E-state index contributed by atoms with van der Waals surface area (Å²) >= 11 is 1.90. The number of benzene rings is 1. The summed E-state index contributed by atoms with van der Waals surface area (Å²) in [4.78, 5) is 1.27. The summed E-state index contributed by atoms with van der Waals surface area (Å²) in [6.07, 6.45) is 3.44. The summed E-state index contributed by atoms with van der Waals surface area (Å²) in [7, 11) is 0. The van der Waals surface area contributed by atoms with Crippen molar-refractivity contribution in [3.05, 3.63) is 18.2 Å². The third-order valence-corrected chi connectivity index (χ3v) is 4.37. The van der Waals surface area contributed by atoms with Crippen LogP contribution in [0.3, 0.4) is 0 Å². The molecule has 0 saturated carbocycles. The maximum absolute atomic E-state index is 5.72. The standard InChI is InChI=1S/C17H27NO2S/c1-14(2)13-18-8-3-4-11-21-15-6-7-16-17(12-15)20-10-5-9-19-16/h6-7,12,14,18H,3-5,8-11,13H2,1-2H3. The van der Waals surface area contributed by atoms with E-state index in [-0.39, 0.29) is 0 Å². The van der Waals surface area contributed by atoms with Crippen LogP contribution in [0, 0.1) is 5.92 Å². The molecule has 3 nitrogen and oxygen atoms in total. The van der Waals surface area contributed by atoms with Crippen LogP contribution in [-0.2, 0) is 0 Å². The van der Waals surface area contributed by atoms with Crippen molar-refractivity contribution in [2.45, 2.75) is 38.0 Å². The molecule has 0 spiro atoms. The van der Waals surface area contributed by atoms with E-state index < -0.39 is 0 Å². The first-order valence-corrected chi connectivity index (χ1v) is 8.97. The summed E-state index contributed by atoms with van der Waals surface area (Å²) in [6, 6.07) is 6.28. The largest absolute Gasteiger partial charge is 0.490 e. The lowest BCUT2D eigenvalue weighted by atomic mass is 10.2. The molecule has 0 unspecified atom stereocenters. The van der Waals surface area contributed by atoms with Crippen molar-refractivity contribution in [1.82, 2.24) is 5.32 Å². The summed E-state index contributed by atoms with van der Waals surface area (Å²) in [6.45, 7) is 8.24. The van der Waals surface area contributed by atoms with Crippen LogP contribution in [-0.4, -0.2) is 32.1 Å². The van der Waals surface area contributed by atoms with E-state index in [1.54, 1.807) is 0 Å². The van der Waals surface area contributed by atoms with Crippen molar-refractivity contribution < 1.29 is 9.47 Å². The van der Waals surface area contributed by atoms with E-state index in [0.717, 1.165) is 55.9 Å². The van der Waals surface area contributed by atoms with Gasteiger partial charge in [-0.3, -0.25) is 0 Å². The molecule has 0 fully saturated rings. The Morgan fingerprint density at radius 2 is 1.95 bits per heavy atom. The summed E-state index contributed by atoms with van der Waals surface area (Å²) in [5, 5.41) is 3.49. The quantitative estimate of drug-likeness (QED) is 0.581. The molecule has 0 bridgehead atoms. The molecule has 118 valence electrons. The van der Waals surface area contributed by atoms with Crippen molar-refractivity contribution in [3.8, 4) is 11.5 Å². The smallest absolute Gasteiger partial charge is 0.162 e. The van der Waals surface area contributed by atoms with Crippen LogP contribution in [0.5, 0.6) is 11.5 Å². The molecule has 0 saturated heterocycles. The molecule has 0 amide bonds. The number of rotatable bonds is 8. The Morgan fingerprint density at radius 1 is 1.14 bits per heavy atom. The average Bonchev–Trinajstić information content (AvgIpc) is 2.70. The maximum atomic E-state index is 5.72. The predicted molar refractivity (Wildman–Crippen MR) is 89.7 cm³/mol. The normalized spacial score (nSPS) is 14.2. The zero-order valence-electron chi connectivity index (χ0n) is 13.2. The van der Waals surface area contributed by atoms with Gasteiger partial charge in [0.2, 0.25) is 0 Å². The molecule has 4 heteroatoms. The summed E-state index contributed by atoms with van der Waals surface area (Å²) < 4.78 is 11.4. The Labute approximate surface area is 132 Å². The van der Waals surface area contributed by atoms with Crippen LogP contribution in [0.15, 0.2) is 23.1 Å². The number of thioether (sulfide) groups is 1. The van der Waals surface area contributed by atoms with Crippen LogP contribution in [0.25, 0.3) is 0 Å². The second-order valence-corrected chi connectivity index (χ2v) is 6.98. The first-order chi connectivity index (χ1) is 10.3. The molecule has 21 heavy (non-hydrogen) atoms. The van der Waals surface area contributed by atoms with Crippen molar-refractivity contribution >= 4 is 11.8 Å². The van der Waals surface area contributed by atoms with Gasteiger partial charge in [0.15, 0.2) is 11.5 Å². The van der Waals surface area contributed by atoms with E-state index in [1.807, 2.05) is 17.8 Å². The van der Waals surface area contributed by atoms with Gasteiger partial charge in [0.05, 0.1) is 13.2 Å². The fourth-order valence-corrected chi connectivity index (χ4v) is 3.11. The van der Waals surface area contributed by atoms with E-state index in [0.29, 0.717) is 0 Å². The van der Waals surface area contributed by atoms with Crippen molar-refractivity contribution in [3.63, 3.8) is 0 Å². The molecule has 0 aliphatic carbocycles. The van der Waals surface area contributed by atoms with Crippen LogP contribution >= 0.6 is 11.8 Å². The second-order valence-electron chi connectivity index (χ2n) is 5.81. The molecule has 1 heterocycles. The Balaban J connectivity index is 1.66. The van der Waals surface area contributed by atoms with Gasteiger partial charge in [0.1, 0.15) is 0 Å². The van der Waals surface area contributed by atoms with E-state index in [1.165, 1.54) is 17.7 Å². The lowest BCUT2D eigenvalue weighted by Gasteiger charge is -2.09. The number of hydrogen-bond acceptors (Lipinski definition) is 4. The number of ether oxygens (including phenoxy) is 2. The lowest BCUT2D eigenvalue weighted by molar-refractivity contribution is 0.297. The van der Waals surface area contributed by atoms with Crippen molar-refractivity contribution in [2.24, 2.45) is 5.92 Å². The topological polar surface area (TPSA) is 30.5 Å². The molecular weight excluding hydrogens is 282 g/mol. The highest BCUT2D eigenvalue weighted by molar-refractivity contribution is 7.99. The Hall–Kier alpha value is -0.870. The molecule has 1 N–H and O–H groups in total. The third kappa shape index (κ3) is 6.18. The molecule has 0 atom stereocenters. The Bertz CT molecular complexity index is 423. The van der Waals surface area contributed by atoms with Crippen molar-refractivity contribution in [1.29, 1.82) is 0 Å². The molecule has 0 radical (unpaired) electrons. The highest BCUT2D eigenvalue weighted by atomic mass is 32.2. The van der Waals surface area contributed by atoms with Crippen LogP contribution in [0.2, 0.25) is 0 Å². The number of nitrogens with one attached hydrogen (secondary N) is 1. The summed E-state index contributed by atoms with van der Waals surface area (Å²) in [5.74, 6) is 3.68. The van der Waals surface area contributed by atoms with Gasteiger partial charge in [0.25, 0.3) is 0 Å². The molecular formula is C17H27NO2S.